The first-order valence-corrected chi connectivity index (χ1v) is 7.87. The predicted molar refractivity (Wildman–Crippen MR) is 75.2 cm³/mol. The molecule has 0 amide bonds. The van der Waals surface area contributed by atoms with Gasteiger partial charge in [0.25, 0.3) is 0 Å². The first-order chi connectivity index (χ1) is 8.86. The highest BCUT2D eigenvalue weighted by Gasteiger charge is 2.10. The van der Waals surface area contributed by atoms with Crippen LogP contribution >= 0.6 is 11.6 Å². The van der Waals surface area contributed by atoms with Gasteiger partial charge in [-0.1, -0.05) is 11.6 Å². The van der Waals surface area contributed by atoms with Crippen molar-refractivity contribution in [1.82, 2.24) is 9.97 Å². The lowest BCUT2D eigenvalue weighted by Crippen LogP contribution is -2.03. The Hall–Kier alpha value is -1.53. The van der Waals surface area contributed by atoms with E-state index < -0.39 is 9.84 Å². The highest BCUT2D eigenvalue weighted by atomic mass is 35.5. The van der Waals surface area contributed by atoms with E-state index >= 15 is 0 Å². The molecule has 1 heterocycles. The lowest BCUT2D eigenvalue weighted by molar-refractivity contribution is 0.602. The van der Waals surface area contributed by atoms with Crippen LogP contribution in [0.3, 0.4) is 0 Å². The fourth-order valence-electron chi connectivity index (χ4n) is 1.62. The highest BCUT2D eigenvalue weighted by Crippen LogP contribution is 2.25. The van der Waals surface area contributed by atoms with Crippen molar-refractivity contribution in [3.63, 3.8) is 0 Å². The van der Waals surface area contributed by atoms with Crippen molar-refractivity contribution in [2.45, 2.75) is 18.4 Å². The largest absolute Gasteiger partial charge is 0.378 e. The zero-order chi connectivity index (χ0) is 14.0. The van der Waals surface area contributed by atoms with Gasteiger partial charge in [-0.3, -0.25) is 0 Å². The molecule has 2 rings (SSSR count). The number of H-pyrrole nitrogens is 1. The van der Waals surface area contributed by atoms with Gasteiger partial charge in [0.15, 0.2) is 9.84 Å². The number of aromatic amines is 1. The Morgan fingerprint density at radius 3 is 2.74 bits per heavy atom. The van der Waals surface area contributed by atoms with Crippen LogP contribution in [0, 0.1) is 6.92 Å². The molecule has 0 aliphatic rings. The molecule has 0 bridgehead atoms. The third-order valence-corrected chi connectivity index (χ3v) is 4.03. The fraction of sp³-hybridized carbons (Fsp3) is 0.250. The van der Waals surface area contributed by atoms with Crippen LogP contribution in [0.15, 0.2) is 29.3 Å². The lowest BCUT2D eigenvalue weighted by atomic mass is 10.3. The van der Waals surface area contributed by atoms with Crippen molar-refractivity contribution in [3.05, 3.63) is 40.9 Å². The molecule has 102 valence electrons. The van der Waals surface area contributed by atoms with Crippen LogP contribution in [0.4, 0.5) is 5.69 Å². The van der Waals surface area contributed by atoms with E-state index in [2.05, 4.69) is 15.3 Å². The maximum atomic E-state index is 11.5. The smallest absolute Gasteiger partial charge is 0.175 e. The van der Waals surface area contributed by atoms with Gasteiger partial charge >= 0.3 is 0 Å². The van der Waals surface area contributed by atoms with Gasteiger partial charge in [-0.05, 0) is 25.1 Å². The summed E-state index contributed by atoms with van der Waals surface area (Å²) in [6.45, 7) is 2.36. The van der Waals surface area contributed by atoms with Crippen LogP contribution < -0.4 is 5.32 Å². The minimum absolute atomic E-state index is 0.236. The minimum Gasteiger partial charge on any atom is -0.378 e. The molecule has 0 spiro atoms. The van der Waals surface area contributed by atoms with Crippen LogP contribution in [0.25, 0.3) is 0 Å². The topological polar surface area (TPSA) is 74.8 Å². The van der Waals surface area contributed by atoms with Gasteiger partial charge in [0.1, 0.15) is 5.82 Å². The summed E-state index contributed by atoms with van der Waals surface area (Å²) in [5, 5.41) is 3.56. The summed E-state index contributed by atoms with van der Waals surface area (Å²) >= 11 is 6.03. The van der Waals surface area contributed by atoms with Gasteiger partial charge in [0.05, 0.1) is 34.0 Å². The average Bonchev–Trinajstić information content (AvgIpc) is 2.72. The Bertz CT molecular complexity index is 695. The van der Waals surface area contributed by atoms with Crippen molar-refractivity contribution in [2.75, 3.05) is 11.6 Å². The number of benzene rings is 1. The molecule has 0 unspecified atom stereocenters. The van der Waals surface area contributed by atoms with Crippen LogP contribution in [0.2, 0.25) is 5.02 Å². The summed E-state index contributed by atoms with van der Waals surface area (Å²) in [7, 11) is -3.24. The molecule has 0 fully saturated rings. The van der Waals surface area contributed by atoms with E-state index in [0.717, 1.165) is 17.8 Å². The number of sulfone groups is 1. The van der Waals surface area contributed by atoms with Crippen LogP contribution in [0.5, 0.6) is 0 Å². The van der Waals surface area contributed by atoms with Gasteiger partial charge < -0.3 is 10.3 Å². The van der Waals surface area contributed by atoms with E-state index in [1.54, 1.807) is 12.3 Å². The molecule has 5 nitrogen and oxygen atoms in total. The molecular formula is C12H14ClN3O2S. The first kappa shape index (κ1) is 13.9. The number of rotatable bonds is 4. The van der Waals surface area contributed by atoms with E-state index in [-0.39, 0.29) is 4.90 Å². The van der Waals surface area contributed by atoms with E-state index in [1.165, 1.54) is 12.1 Å². The van der Waals surface area contributed by atoms with Gasteiger partial charge in [0.2, 0.25) is 0 Å². The van der Waals surface area contributed by atoms with E-state index in [4.69, 9.17) is 11.6 Å². The number of hydrogen-bond donors (Lipinski definition) is 2. The Morgan fingerprint density at radius 1 is 1.42 bits per heavy atom. The Labute approximate surface area is 116 Å². The number of hydrogen-bond acceptors (Lipinski definition) is 4. The maximum Gasteiger partial charge on any atom is 0.175 e. The second-order valence-electron chi connectivity index (χ2n) is 4.26. The van der Waals surface area contributed by atoms with Gasteiger partial charge in [0, 0.05) is 6.26 Å². The molecule has 19 heavy (non-hydrogen) atoms. The van der Waals surface area contributed by atoms with Crippen molar-refractivity contribution in [1.29, 1.82) is 0 Å². The molecule has 1 aromatic heterocycles. The lowest BCUT2D eigenvalue weighted by Gasteiger charge is -2.09. The second-order valence-corrected chi connectivity index (χ2v) is 6.68. The third kappa shape index (κ3) is 3.48. The molecule has 0 saturated carbocycles. The van der Waals surface area contributed by atoms with Crippen LogP contribution in [0.1, 0.15) is 11.5 Å². The predicted octanol–water partition coefficient (Wildman–Crippen LogP) is 2.39. The summed E-state index contributed by atoms with van der Waals surface area (Å²) < 4.78 is 23.0. The Morgan fingerprint density at radius 2 is 2.16 bits per heavy atom. The molecule has 0 aliphatic heterocycles. The number of imidazole rings is 1. The molecule has 2 aromatic rings. The molecule has 0 atom stereocenters. The number of aromatic nitrogens is 2. The van der Waals surface area contributed by atoms with Crippen LogP contribution in [-0.2, 0) is 16.4 Å². The number of nitrogens with one attached hydrogen (secondary N) is 2. The Balaban J connectivity index is 2.20. The number of nitrogens with zero attached hydrogens (tertiary/aromatic N) is 1. The summed E-state index contributed by atoms with van der Waals surface area (Å²) in [6, 6.07) is 4.59. The third-order valence-electron chi connectivity index (χ3n) is 2.59. The summed E-state index contributed by atoms with van der Waals surface area (Å²) in [5.41, 5.74) is 1.48. The molecular weight excluding hydrogens is 286 g/mol. The maximum absolute atomic E-state index is 11.5. The monoisotopic (exact) mass is 299 g/mol. The second kappa shape index (κ2) is 5.22. The summed E-state index contributed by atoms with van der Waals surface area (Å²) in [4.78, 5) is 7.40. The van der Waals surface area contributed by atoms with Crippen molar-refractivity contribution in [3.8, 4) is 0 Å². The standard InChI is InChI=1S/C12H14ClN3O2S/c1-8-14-6-9(16-8)7-15-12-5-10(19(2,17)18)3-4-11(12)13/h3-6,15H,7H2,1-2H3,(H,14,16). The zero-order valence-electron chi connectivity index (χ0n) is 10.6. The first-order valence-electron chi connectivity index (χ1n) is 5.60. The number of aryl methyl sites for hydroxylation is 1. The van der Waals surface area contributed by atoms with E-state index in [1.807, 2.05) is 6.92 Å². The van der Waals surface area contributed by atoms with E-state index in [0.29, 0.717) is 17.3 Å². The van der Waals surface area contributed by atoms with Gasteiger partial charge in [-0.25, -0.2) is 13.4 Å². The van der Waals surface area contributed by atoms with Crippen molar-refractivity contribution in [2.24, 2.45) is 0 Å². The van der Waals surface area contributed by atoms with Crippen molar-refractivity contribution < 1.29 is 8.42 Å². The SMILES string of the molecule is Cc1ncc(CNc2cc(S(C)(=O)=O)ccc2Cl)[nH]1. The quantitative estimate of drug-likeness (QED) is 0.909. The summed E-state index contributed by atoms with van der Waals surface area (Å²) in [5.74, 6) is 0.827. The fourth-order valence-corrected chi connectivity index (χ4v) is 2.45. The Kier molecular flexibility index (Phi) is 3.82. The van der Waals surface area contributed by atoms with E-state index in [9.17, 15) is 8.42 Å². The normalized spacial score (nSPS) is 11.5. The molecule has 0 radical (unpaired) electrons. The average molecular weight is 300 g/mol. The number of anilines is 1. The van der Waals surface area contributed by atoms with Gasteiger partial charge in [-0.2, -0.15) is 0 Å². The molecule has 7 heteroatoms. The molecule has 0 saturated heterocycles. The highest BCUT2D eigenvalue weighted by molar-refractivity contribution is 7.90. The summed E-state index contributed by atoms with van der Waals surface area (Å²) in [6.07, 6.45) is 2.88. The molecule has 2 N–H and O–H groups in total. The number of halogens is 1. The minimum atomic E-state index is -3.24. The molecule has 0 aliphatic carbocycles. The van der Waals surface area contributed by atoms with Crippen LogP contribution in [-0.4, -0.2) is 24.6 Å². The molecule has 1 aromatic carbocycles. The van der Waals surface area contributed by atoms with Gasteiger partial charge in [-0.15, -0.1) is 0 Å². The zero-order valence-corrected chi connectivity index (χ0v) is 12.1. The van der Waals surface area contributed by atoms with Crippen molar-refractivity contribution >= 4 is 27.1 Å².